The molecule has 34 heavy (non-hydrogen) atoms. The van der Waals surface area contributed by atoms with Crippen LogP contribution in [-0.2, 0) is 32.4 Å². The second-order valence-corrected chi connectivity index (χ2v) is 8.23. The molecule has 0 atom stereocenters. The highest BCUT2D eigenvalue weighted by molar-refractivity contribution is 5.37. The van der Waals surface area contributed by atoms with Gasteiger partial charge in [-0.25, -0.2) is 0 Å². The highest BCUT2D eigenvalue weighted by Crippen LogP contribution is 2.30. The van der Waals surface area contributed by atoms with Crippen molar-refractivity contribution in [2.45, 2.75) is 32.4 Å². The number of benzene rings is 3. The molecule has 0 aliphatic heterocycles. The van der Waals surface area contributed by atoms with E-state index in [9.17, 15) is 18.4 Å². The van der Waals surface area contributed by atoms with Crippen LogP contribution in [0.5, 0.6) is 0 Å². The van der Waals surface area contributed by atoms with Gasteiger partial charge in [-0.2, -0.15) is 18.4 Å². The molecule has 0 spiro atoms. The fourth-order valence-corrected chi connectivity index (χ4v) is 4.04. The van der Waals surface area contributed by atoms with Crippen LogP contribution in [0.4, 0.5) is 13.2 Å². The van der Waals surface area contributed by atoms with Gasteiger partial charge in [0.2, 0.25) is 0 Å². The average molecular weight is 460 g/mol. The van der Waals surface area contributed by atoms with Crippen LogP contribution >= 0.6 is 0 Å². The second kappa shape index (κ2) is 10.4. The third kappa shape index (κ3) is 5.94. The lowest BCUT2D eigenvalue weighted by Gasteiger charge is -2.24. The van der Waals surface area contributed by atoms with Crippen LogP contribution in [0, 0.1) is 11.3 Å². The summed E-state index contributed by atoms with van der Waals surface area (Å²) in [6.07, 6.45) is -2.48. The highest BCUT2D eigenvalue weighted by atomic mass is 19.4. The van der Waals surface area contributed by atoms with E-state index in [1.165, 1.54) is 12.1 Å². The first-order valence-electron chi connectivity index (χ1n) is 11.0. The average Bonchev–Trinajstić information content (AvgIpc) is 3.26. The van der Waals surface area contributed by atoms with Crippen molar-refractivity contribution in [1.29, 1.82) is 5.26 Å². The van der Waals surface area contributed by atoms with Crippen LogP contribution < -0.4 is 0 Å². The molecule has 172 valence electrons. The van der Waals surface area contributed by atoms with Crippen LogP contribution in [0.2, 0.25) is 0 Å². The Bertz CT molecular complexity index is 1270. The van der Waals surface area contributed by atoms with Gasteiger partial charge < -0.3 is 4.57 Å². The number of rotatable bonds is 8. The van der Waals surface area contributed by atoms with Crippen molar-refractivity contribution < 1.29 is 13.2 Å². The van der Waals surface area contributed by atoms with Gasteiger partial charge in [0.15, 0.2) is 0 Å². The van der Waals surface area contributed by atoms with E-state index < -0.39 is 11.7 Å². The van der Waals surface area contributed by atoms with Gasteiger partial charge in [0.1, 0.15) is 0 Å². The normalized spacial score (nSPS) is 11.5. The topological polar surface area (TPSA) is 32.0 Å². The quantitative estimate of drug-likeness (QED) is 0.296. The van der Waals surface area contributed by atoms with E-state index in [1.807, 2.05) is 65.4 Å². The van der Waals surface area contributed by atoms with E-state index in [0.717, 1.165) is 22.9 Å². The van der Waals surface area contributed by atoms with E-state index in [4.69, 9.17) is 0 Å². The molecule has 0 aliphatic rings. The Hall–Kier alpha value is -3.82. The molecule has 6 heteroatoms. The third-order valence-corrected chi connectivity index (χ3v) is 5.70. The van der Waals surface area contributed by atoms with E-state index in [-0.39, 0.29) is 0 Å². The van der Waals surface area contributed by atoms with Crippen molar-refractivity contribution >= 4 is 0 Å². The summed E-state index contributed by atoms with van der Waals surface area (Å²) in [4.78, 5) is 2.24. The molecule has 0 saturated carbocycles. The van der Waals surface area contributed by atoms with E-state index in [1.54, 1.807) is 6.07 Å². The second-order valence-electron chi connectivity index (χ2n) is 8.23. The molecule has 0 saturated heterocycles. The highest BCUT2D eigenvalue weighted by Gasteiger charge is 2.30. The Morgan fingerprint density at radius 3 is 2.26 bits per heavy atom. The molecule has 0 amide bonds. The van der Waals surface area contributed by atoms with Crippen molar-refractivity contribution in [3.8, 4) is 6.07 Å². The van der Waals surface area contributed by atoms with Crippen LogP contribution in [0.3, 0.4) is 0 Å². The van der Waals surface area contributed by atoms with Gasteiger partial charge in [-0.15, -0.1) is 0 Å². The van der Waals surface area contributed by atoms with E-state index >= 15 is 0 Å². The molecule has 4 rings (SSSR count). The third-order valence-electron chi connectivity index (χ3n) is 5.70. The van der Waals surface area contributed by atoms with E-state index in [0.29, 0.717) is 37.3 Å². The maximum Gasteiger partial charge on any atom is 0.416 e. The number of nitrogens with zero attached hydrogens (tertiary/aromatic N) is 3. The number of alkyl halides is 3. The molecule has 1 aromatic heterocycles. The van der Waals surface area contributed by atoms with Gasteiger partial charge in [0, 0.05) is 38.1 Å². The van der Waals surface area contributed by atoms with Crippen molar-refractivity contribution in [3.05, 3.63) is 131 Å². The van der Waals surface area contributed by atoms with Gasteiger partial charge in [0.05, 0.1) is 17.2 Å². The number of hydrogen-bond acceptors (Lipinski definition) is 2. The maximum atomic E-state index is 13.1. The Kier molecular flexibility index (Phi) is 7.15. The fourth-order valence-electron chi connectivity index (χ4n) is 4.04. The molecule has 3 aromatic carbocycles. The molecule has 0 fully saturated rings. The minimum Gasteiger partial charge on any atom is -0.346 e. The van der Waals surface area contributed by atoms with E-state index in [2.05, 4.69) is 23.1 Å². The predicted molar refractivity (Wildman–Crippen MR) is 126 cm³/mol. The first-order valence-corrected chi connectivity index (χ1v) is 11.0. The summed E-state index contributed by atoms with van der Waals surface area (Å²) in [5.74, 6) is 0. The Morgan fingerprint density at radius 2 is 1.50 bits per heavy atom. The summed E-state index contributed by atoms with van der Waals surface area (Å²) in [5, 5.41) is 9.51. The summed E-state index contributed by atoms with van der Waals surface area (Å²) in [6.45, 7) is 2.18. The van der Waals surface area contributed by atoms with Gasteiger partial charge >= 0.3 is 6.18 Å². The Balaban J connectivity index is 1.58. The minimum absolute atomic E-state index is 0.347. The van der Waals surface area contributed by atoms with Gasteiger partial charge in [0.25, 0.3) is 0 Å². The summed E-state index contributed by atoms with van der Waals surface area (Å²) in [7, 11) is 0. The monoisotopic (exact) mass is 459 g/mol. The minimum atomic E-state index is -4.36. The zero-order valence-electron chi connectivity index (χ0n) is 18.5. The Labute approximate surface area is 197 Å². The number of hydrogen-bond donors (Lipinski definition) is 0. The molecule has 1 heterocycles. The van der Waals surface area contributed by atoms with Crippen LogP contribution in [0.1, 0.15) is 33.5 Å². The molecule has 0 radical (unpaired) electrons. The first-order chi connectivity index (χ1) is 16.4. The molecule has 0 unspecified atom stereocenters. The zero-order chi connectivity index (χ0) is 24.0. The summed E-state index contributed by atoms with van der Waals surface area (Å²) in [6, 6.07) is 29.2. The molecule has 0 N–H and O–H groups in total. The fraction of sp³-hybridized carbons (Fsp3) is 0.179. The maximum absolute atomic E-state index is 13.1. The van der Waals surface area contributed by atoms with Crippen LogP contribution in [0.25, 0.3) is 0 Å². The lowest BCUT2D eigenvalue weighted by atomic mass is 10.1. The first kappa shape index (κ1) is 23.3. The SMILES string of the molecule is N#Cc1ccccc1CN(Cc1ccccc1)Cc1cccn1Cc1cccc(C(F)(F)F)c1. The molecule has 4 aromatic rings. The lowest BCUT2D eigenvalue weighted by molar-refractivity contribution is -0.137. The summed E-state index contributed by atoms with van der Waals surface area (Å²) >= 11 is 0. The Morgan fingerprint density at radius 1 is 0.765 bits per heavy atom. The predicted octanol–water partition coefficient (Wildman–Crippen LogP) is 6.63. The standard InChI is InChI=1S/C28H24F3N3/c29-28(30,31)26-13-6-10-23(16-26)19-34-15-7-14-27(34)21-33(18-22-8-2-1-3-9-22)20-25-12-5-4-11-24(25)17-32/h1-16H,18-21H2. The van der Waals surface area contributed by atoms with Gasteiger partial charge in [-0.3, -0.25) is 4.90 Å². The number of halogens is 3. The number of aromatic nitrogens is 1. The van der Waals surface area contributed by atoms with Crippen molar-refractivity contribution in [2.75, 3.05) is 0 Å². The van der Waals surface area contributed by atoms with Crippen molar-refractivity contribution in [1.82, 2.24) is 9.47 Å². The molecular weight excluding hydrogens is 435 g/mol. The van der Waals surface area contributed by atoms with Crippen LogP contribution in [0.15, 0.2) is 97.2 Å². The molecule has 0 aliphatic carbocycles. The number of nitriles is 1. The van der Waals surface area contributed by atoms with Crippen LogP contribution in [-0.4, -0.2) is 9.47 Å². The lowest BCUT2D eigenvalue weighted by Crippen LogP contribution is -2.24. The molecule has 3 nitrogen and oxygen atoms in total. The largest absolute Gasteiger partial charge is 0.416 e. The summed E-state index contributed by atoms with van der Waals surface area (Å²) < 4.78 is 41.4. The van der Waals surface area contributed by atoms with Gasteiger partial charge in [-0.1, -0.05) is 60.7 Å². The molecular formula is C28H24F3N3. The molecule has 0 bridgehead atoms. The van der Waals surface area contributed by atoms with Crippen molar-refractivity contribution in [2.24, 2.45) is 0 Å². The smallest absolute Gasteiger partial charge is 0.346 e. The van der Waals surface area contributed by atoms with Crippen molar-refractivity contribution in [3.63, 3.8) is 0 Å². The zero-order valence-corrected chi connectivity index (χ0v) is 18.5. The summed E-state index contributed by atoms with van der Waals surface area (Å²) in [5.41, 5.74) is 3.67. The van der Waals surface area contributed by atoms with Gasteiger partial charge in [-0.05, 0) is 47.0 Å².